The molecule has 0 amide bonds. The molecule has 7 heteroatoms. The van der Waals surface area contributed by atoms with E-state index in [1.54, 1.807) is 12.4 Å². The topological polar surface area (TPSA) is 107 Å². The molecule has 4 N–H and O–H groups in total. The summed E-state index contributed by atoms with van der Waals surface area (Å²) in [6.07, 6.45) is 3.54. The van der Waals surface area contributed by atoms with Crippen LogP contribution >= 0.6 is 0 Å². The van der Waals surface area contributed by atoms with Crippen LogP contribution in [0, 0.1) is 0 Å². The Labute approximate surface area is 110 Å². The number of nitrogens with zero attached hydrogens (tertiary/aromatic N) is 2. The van der Waals surface area contributed by atoms with E-state index in [-0.39, 0.29) is 18.6 Å². The van der Waals surface area contributed by atoms with Crippen LogP contribution in [0.5, 0.6) is 0 Å². The van der Waals surface area contributed by atoms with Gasteiger partial charge in [-0.2, -0.15) is 0 Å². The fourth-order valence-electron chi connectivity index (χ4n) is 1.03. The first-order valence-electron chi connectivity index (χ1n) is 4.19. The van der Waals surface area contributed by atoms with Crippen LogP contribution in [-0.4, -0.2) is 31.0 Å². The van der Waals surface area contributed by atoms with Crippen molar-refractivity contribution in [3.05, 3.63) is 48.8 Å². The molecule has 2 heterocycles. The Balaban J connectivity index is 0. The van der Waals surface area contributed by atoms with Gasteiger partial charge in [0.2, 0.25) is 0 Å². The monoisotopic (exact) mass is 275 g/mol. The SMILES string of the molecule is OO.OO.[V].c1ccc(-c2ccccn2)nc1. The molecule has 2 aromatic heterocycles. The maximum absolute atomic E-state index is 6.00. The smallest absolute Gasteiger partial charge is 0.0886 e. The molecule has 91 valence electrons. The Bertz CT molecular complexity index is 324. The van der Waals surface area contributed by atoms with Crippen LogP contribution in [0.2, 0.25) is 0 Å². The Hall–Kier alpha value is -1.28. The van der Waals surface area contributed by atoms with Crippen molar-refractivity contribution in [3.8, 4) is 11.4 Å². The predicted molar refractivity (Wildman–Crippen MR) is 58.0 cm³/mol. The van der Waals surface area contributed by atoms with Crippen LogP contribution in [0.1, 0.15) is 0 Å². The fraction of sp³-hybridized carbons (Fsp3) is 0. The zero-order valence-electron chi connectivity index (χ0n) is 8.75. The van der Waals surface area contributed by atoms with Crippen molar-refractivity contribution >= 4 is 0 Å². The second-order valence-corrected chi connectivity index (χ2v) is 2.43. The number of aromatic nitrogens is 2. The molecule has 0 fully saturated rings. The van der Waals surface area contributed by atoms with Crippen LogP contribution in [0.25, 0.3) is 11.4 Å². The van der Waals surface area contributed by atoms with E-state index in [1.165, 1.54) is 0 Å². The van der Waals surface area contributed by atoms with Crippen molar-refractivity contribution in [1.82, 2.24) is 9.97 Å². The van der Waals surface area contributed by atoms with Gasteiger partial charge in [0.05, 0.1) is 11.4 Å². The van der Waals surface area contributed by atoms with E-state index in [4.69, 9.17) is 21.0 Å². The summed E-state index contributed by atoms with van der Waals surface area (Å²) in [4.78, 5) is 8.37. The first kappa shape index (κ1) is 18.1. The molecule has 6 nitrogen and oxygen atoms in total. The van der Waals surface area contributed by atoms with Crippen LogP contribution in [-0.2, 0) is 18.6 Å². The molecule has 0 saturated heterocycles. The molecule has 0 unspecified atom stereocenters. The van der Waals surface area contributed by atoms with Gasteiger partial charge in [0.25, 0.3) is 0 Å². The van der Waals surface area contributed by atoms with E-state index in [2.05, 4.69) is 9.97 Å². The average molecular weight is 275 g/mol. The molecular formula is C10H12N2O4V. The average Bonchev–Trinajstić information content (AvgIpc) is 2.45. The largest absolute Gasteiger partial charge is 0.255 e. The molecule has 17 heavy (non-hydrogen) atoms. The van der Waals surface area contributed by atoms with Crippen LogP contribution in [0.15, 0.2) is 48.8 Å². The van der Waals surface area contributed by atoms with Crippen molar-refractivity contribution < 1.29 is 39.6 Å². The molecule has 0 saturated carbocycles. The molecule has 0 aromatic carbocycles. The van der Waals surface area contributed by atoms with Crippen LogP contribution in [0.4, 0.5) is 0 Å². The summed E-state index contributed by atoms with van der Waals surface area (Å²) >= 11 is 0. The number of hydrogen-bond donors (Lipinski definition) is 4. The minimum Gasteiger partial charge on any atom is -0.255 e. The minimum atomic E-state index is 0. The molecule has 0 bridgehead atoms. The summed E-state index contributed by atoms with van der Waals surface area (Å²) in [5.74, 6) is 0. The molecule has 2 aromatic rings. The van der Waals surface area contributed by atoms with Gasteiger partial charge in [0, 0.05) is 30.9 Å². The quantitative estimate of drug-likeness (QED) is 0.469. The summed E-state index contributed by atoms with van der Waals surface area (Å²) in [6.45, 7) is 0. The van der Waals surface area contributed by atoms with Gasteiger partial charge in [-0.15, -0.1) is 0 Å². The van der Waals surface area contributed by atoms with E-state index in [1.807, 2.05) is 36.4 Å². The Kier molecular flexibility index (Phi) is 13.6. The molecule has 0 atom stereocenters. The summed E-state index contributed by atoms with van der Waals surface area (Å²) < 4.78 is 0. The van der Waals surface area contributed by atoms with Crippen molar-refractivity contribution in [3.63, 3.8) is 0 Å². The van der Waals surface area contributed by atoms with Gasteiger partial charge >= 0.3 is 0 Å². The Morgan fingerprint density at radius 3 is 1.24 bits per heavy atom. The van der Waals surface area contributed by atoms with E-state index in [9.17, 15) is 0 Å². The second kappa shape index (κ2) is 12.8. The predicted octanol–water partition coefficient (Wildman–Crippen LogP) is 2.18. The normalized spacial score (nSPS) is 7.53. The zero-order valence-corrected chi connectivity index (χ0v) is 10.1. The number of pyridine rings is 2. The van der Waals surface area contributed by atoms with Crippen LogP contribution < -0.4 is 0 Å². The first-order valence-corrected chi connectivity index (χ1v) is 4.19. The first-order chi connectivity index (χ1) is 7.97. The van der Waals surface area contributed by atoms with E-state index < -0.39 is 0 Å². The van der Waals surface area contributed by atoms with Gasteiger partial charge in [0.15, 0.2) is 0 Å². The number of rotatable bonds is 1. The van der Waals surface area contributed by atoms with Gasteiger partial charge in [0.1, 0.15) is 0 Å². The third-order valence-electron chi connectivity index (χ3n) is 1.59. The van der Waals surface area contributed by atoms with E-state index in [0.29, 0.717) is 0 Å². The number of hydrogen-bond acceptors (Lipinski definition) is 6. The Morgan fingerprint density at radius 2 is 1.00 bits per heavy atom. The van der Waals surface area contributed by atoms with Gasteiger partial charge in [-0.05, 0) is 24.3 Å². The summed E-state index contributed by atoms with van der Waals surface area (Å²) in [7, 11) is 0. The summed E-state index contributed by atoms with van der Waals surface area (Å²) in [6, 6.07) is 11.6. The molecular weight excluding hydrogens is 263 g/mol. The third kappa shape index (κ3) is 6.80. The molecule has 0 aliphatic carbocycles. The fourth-order valence-corrected chi connectivity index (χ4v) is 1.03. The molecule has 1 radical (unpaired) electrons. The van der Waals surface area contributed by atoms with Crippen molar-refractivity contribution in [2.24, 2.45) is 0 Å². The summed E-state index contributed by atoms with van der Waals surface area (Å²) in [5, 5.41) is 24.0. The van der Waals surface area contributed by atoms with Crippen molar-refractivity contribution in [2.75, 3.05) is 0 Å². The Morgan fingerprint density at radius 1 is 0.647 bits per heavy atom. The van der Waals surface area contributed by atoms with Gasteiger partial charge in [-0.1, -0.05) is 12.1 Å². The maximum Gasteiger partial charge on any atom is 0.0886 e. The molecule has 2 rings (SSSR count). The maximum atomic E-state index is 6.00. The molecule has 0 aliphatic rings. The third-order valence-corrected chi connectivity index (χ3v) is 1.59. The minimum absolute atomic E-state index is 0. The van der Waals surface area contributed by atoms with Gasteiger partial charge in [-0.25, -0.2) is 0 Å². The van der Waals surface area contributed by atoms with E-state index >= 15 is 0 Å². The zero-order chi connectivity index (χ0) is 12.2. The van der Waals surface area contributed by atoms with E-state index in [0.717, 1.165) is 11.4 Å². The second-order valence-electron chi connectivity index (χ2n) is 2.43. The standard InChI is InChI=1S/C10H8N2.2H2O2.V/c1-3-7-11-9(5-1)10-6-2-4-8-12-10;2*1-2;/h1-8H;2*1-2H;. The van der Waals surface area contributed by atoms with Crippen LogP contribution in [0.3, 0.4) is 0 Å². The molecule has 0 aliphatic heterocycles. The molecule has 0 spiro atoms. The summed E-state index contributed by atoms with van der Waals surface area (Å²) in [5.41, 5.74) is 1.83. The van der Waals surface area contributed by atoms with Crippen molar-refractivity contribution in [1.29, 1.82) is 0 Å². The van der Waals surface area contributed by atoms with Crippen molar-refractivity contribution in [2.45, 2.75) is 0 Å². The van der Waals surface area contributed by atoms with Gasteiger partial charge < -0.3 is 0 Å². The van der Waals surface area contributed by atoms with Gasteiger partial charge in [-0.3, -0.25) is 31.0 Å².